The van der Waals surface area contributed by atoms with Crippen LogP contribution in [0.5, 0.6) is 0 Å². The van der Waals surface area contributed by atoms with Crippen LogP contribution in [0, 0.1) is 24.8 Å². The number of benzene rings is 6. The van der Waals surface area contributed by atoms with Crippen molar-refractivity contribution in [3.8, 4) is 51.0 Å². The molecule has 2 heterocycles. The Labute approximate surface area is 271 Å². The van der Waals surface area contributed by atoms with Crippen molar-refractivity contribution >= 4 is 38.4 Å². The Bertz CT molecular complexity index is 2550. The van der Waals surface area contributed by atoms with E-state index in [-0.39, 0.29) is 0 Å². The van der Waals surface area contributed by atoms with Crippen LogP contribution in [0.3, 0.4) is 0 Å². The summed E-state index contributed by atoms with van der Waals surface area (Å²) in [4.78, 5) is 19.5. The highest BCUT2D eigenvalue weighted by molar-refractivity contribution is 6.22. The molecule has 2 aromatic heterocycles. The molecule has 0 atom stereocenters. The van der Waals surface area contributed by atoms with Crippen molar-refractivity contribution in [2.75, 3.05) is 0 Å². The van der Waals surface area contributed by atoms with E-state index < -0.39 is 0 Å². The summed E-state index contributed by atoms with van der Waals surface area (Å²) < 4.78 is 0. The average Bonchev–Trinajstić information content (AvgIpc) is 3.14. The summed E-state index contributed by atoms with van der Waals surface area (Å²) in [5, 5.41) is 12.6. The maximum Gasteiger partial charge on any atom is 0.189 e. The summed E-state index contributed by atoms with van der Waals surface area (Å²) in [6.07, 6.45) is 0. The van der Waals surface area contributed by atoms with E-state index in [0.29, 0.717) is 11.3 Å². The minimum Gasteiger partial charge on any atom is -0.247 e. The lowest BCUT2D eigenvalue weighted by atomic mass is 9.93. The molecule has 0 radical (unpaired) electrons. The molecule has 0 saturated carbocycles. The van der Waals surface area contributed by atoms with Crippen LogP contribution in [0.1, 0.15) is 11.1 Å². The summed E-state index contributed by atoms with van der Waals surface area (Å²) in [5.74, 6) is 0. The lowest BCUT2D eigenvalue weighted by Gasteiger charge is -2.17. The van der Waals surface area contributed by atoms with Gasteiger partial charge in [-0.15, -0.1) is 0 Å². The van der Waals surface area contributed by atoms with Gasteiger partial charge in [0.25, 0.3) is 0 Å². The van der Waals surface area contributed by atoms with Gasteiger partial charge in [-0.1, -0.05) is 103 Å². The van der Waals surface area contributed by atoms with E-state index in [9.17, 15) is 5.26 Å². The molecule has 0 aliphatic carbocycles. The quantitative estimate of drug-likeness (QED) is 0.149. The molecule has 0 aliphatic heterocycles. The van der Waals surface area contributed by atoms with E-state index in [4.69, 9.17) is 21.5 Å². The van der Waals surface area contributed by atoms with Gasteiger partial charge in [0.2, 0.25) is 0 Å². The van der Waals surface area contributed by atoms with Crippen LogP contribution in [-0.2, 0) is 0 Å². The minimum atomic E-state index is 0.444. The van der Waals surface area contributed by atoms with Gasteiger partial charge in [0.05, 0.1) is 46.3 Å². The van der Waals surface area contributed by atoms with Crippen molar-refractivity contribution < 1.29 is 0 Å². The molecule has 47 heavy (non-hydrogen) atoms. The third-order valence-corrected chi connectivity index (χ3v) is 8.56. The van der Waals surface area contributed by atoms with Crippen LogP contribution in [0.4, 0.5) is 5.69 Å². The van der Waals surface area contributed by atoms with Crippen LogP contribution < -0.4 is 0 Å². The Kier molecular flexibility index (Phi) is 6.72. The molecule has 5 nitrogen and oxygen atoms in total. The number of aryl methyl sites for hydroxylation is 1. The molecule has 0 unspecified atom stereocenters. The fourth-order valence-corrected chi connectivity index (χ4v) is 6.38. The minimum absolute atomic E-state index is 0.444. The lowest BCUT2D eigenvalue weighted by Crippen LogP contribution is -1.99. The number of para-hydroxylation sites is 1. The lowest BCUT2D eigenvalue weighted by molar-refractivity contribution is 1.29. The van der Waals surface area contributed by atoms with Crippen molar-refractivity contribution in [2.45, 2.75) is 6.92 Å². The highest BCUT2D eigenvalue weighted by Crippen LogP contribution is 2.41. The van der Waals surface area contributed by atoms with Crippen LogP contribution in [0.25, 0.3) is 82.5 Å². The molecular weight excluding hydrogens is 574 g/mol. The smallest absolute Gasteiger partial charge is 0.189 e. The normalized spacial score (nSPS) is 11.0. The Balaban J connectivity index is 1.40. The number of hydrogen-bond donors (Lipinski definition) is 0. The first-order chi connectivity index (χ1) is 23.1. The molecule has 8 aromatic rings. The van der Waals surface area contributed by atoms with Gasteiger partial charge < -0.3 is 0 Å². The van der Waals surface area contributed by atoms with E-state index in [1.807, 2.05) is 78.9 Å². The van der Waals surface area contributed by atoms with Crippen molar-refractivity contribution in [3.63, 3.8) is 0 Å². The first-order valence-electron chi connectivity index (χ1n) is 15.3. The van der Waals surface area contributed by atoms with Gasteiger partial charge in [0, 0.05) is 38.4 Å². The van der Waals surface area contributed by atoms with E-state index >= 15 is 0 Å². The Morgan fingerprint density at radius 1 is 0.553 bits per heavy atom. The summed E-state index contributed by atoms with van der Waals surface area (Å²) in [6, 6.07) is 46.4. The number of rotatable bonds is 4. The zero-order valence-corrected chi connectivity index (χ0v) is 25.4. The SMILES string of the molecule is [C-]#[N+]c1cc(C#N)cc(-c2ccc(-c3nc4ccccc4c4c3c(C)cc3nc(-c5ccccc5)c(-c5ccccc5)nc34)cc2)c1. The molecule has 0 amide bonds. The largest absolute Gasteiger partial charge is 0.247 e. The first-order valence-corrected chi connectivity index (χ1v) is 15.3. The maximum absolute atomic E-state index is 9.49. The monoisotopic (exact) mass is 599 g/mol. The summed E-state index contributed by atoms with van der Waals surface area (Å²) in [5.41, 5.74) is 11.8. The molecule has 5 heteroatoms. The van der Waals surface area contributed by atoms with E-state index in [1.54, 1.807) is 6.07 Å². The van der Waals surface area contributed by atoms with Crippen LogP contribution in [0.2, 0.25) is 0 Å². The number of pyridine rings is 1. The van der Waals surface area contributed by atoms with Gasteiger partial charge in [-0.05, 0) is 53.9 Å². The predicted octanol–water partition coefficient (Wildman–Crippen LogP) is 10.7. The fraction of sp³-hybridized carbons (Fsp3) is 0.0238. The topological polar surface area (TPSA) is 66.8 Å². The van der Waals surface area contributed by atoms with Gasteiger partial charge in [-0.2, -0.15) is 5.26 Å². The zero-order valence-electron chi connectivity index (χ0n) is 25.4. The summed E-state index contributed by atoms with van der Waals surface area (Å²) >= 11 is 0. The third-order valence-electron chi connectivity index (χ3n) is 8.56. The van der Waals surface area contributed by atoms with Crippen LogP contribution in [0.15, 0.2) is 133 Å². The number of hydrogen-bond acceptors (Lipinski definition) is 4. The standard InChI is InChI=1S/C42H25N5/c1-26-21-36-42(47-41(30-13-7-4-8-14-30)40(46-36)29-11-5-3-6-12-29)38-34-15-9-10-16-35(34)45-39(37(26)38)31-19-17-28(18-20-31)32-22-27(25-43)23-33(24-32)44-2/h3-24H,1H3. The van der Waals surface area contributed by atoms with Gasteiger partial charge in [-0.3, -0.25) is 0 Å². The van der Waals surface area contributed by atoms with E-state index in [1.165, 1.54) is 0 Å². The molecule has 0 saturated heterocycles. The van der Waals surface area contributed by atoms with Crippen molar-refractivity contribution in [2.24, 2.45) is 0 Å². The molecule has 8 rings (SSSR count). The number of fused-ring (bicyclic) bond motifs is 5. The van der Waals surface area contributed by atoms with Crippen molar-refractivity contribution in [1.29, 1.82) is 5.26 Å². The second-order valence-corrected chi connectivity index (χ2v) is 11.5. The second-order valence-electron chi connectivity index (χ2n) is 11.5. The molecule has 0 bridgehead atoms. The molecule has 0 N–H and O–H groups in total. The molecular formula is C42H25N5. The predicted molar refractivity (Wildman–Crippen MR) is 190 cm³/mol. The maximum atomic E-state index is 9.49. The highest BCUT2D eigenvalue weighted by atomic mass is 14.8. The molecule has 0 spiro atoms. The van der Waals surface area contributed by atoms with Crippen molar-refractivity contribution in [1.82, 2.24) is 15.0 Å². The van der Waals surface area contributed by atoms with Gasteiger partial charge in [-0.25, -0.2) is 19.8 Å². The number of nitriles is 1. The Morgan fingerprint density at radius 2 is 1.15 bits per heavy atom. The second kappa shape index (κ2) is 11.3. The highest BCUT2D eigenvalue weighted by Gasteiger charge is 2.20. The van der Waals surface area contributed by atoms with Gasteiger partial charge in [0.15, 0.2) is 5.69 Å². The van der Waals surface area contributed by atoms with Crippen LogP contribution in [-0.4, -0.2) is 15.0 Å². The van der Waals surface area contributed by atoms with E-state index in [2.05, 4.69) is 66.4 Å². The molecule has 0 aliphatic rings. The molecule has 218 valence electrons. The Morgan fingerprint density at radius 3 is 1.83 bits per heavy atom. The van der Waals surface area contributed by atoms with Crippen molar-refractivity contribution in [3.05, 3.63) is 156 Å². The number of nitrogens with zero attached hydrogens (tertiary/aromatic N) is 5. The Hall–Kier alpha value is -6.69. The zero-order chi connectivity index (χ0) is 31.9. The van der Waals surface area contributed by atoms with E-state index in [0.717, 1.165) is 83.2 Å². The van der Waals surface area contributed by atoms with Crippen LogP contribution >= 0.6 is 0 Å². The summed E-state index contributed by atoms with van der Waals surface area (Å²) in [6.45, 7) is 9.57. The molecule has 0 fully saturated rings. The summed E-state index contributed by atoms with van der Waals surface area (Å²) in [7, 11) is 0. The fourth-order valence-electron chi connectivity index (χ4n) is 6.38. The first kappa shape index (κ1) is 27.8. The van der Waals surface area contributed by atoms with Gasteiger partial charge in [0.1, 0.15) is 0 Å². The molecule has 6 aromatic carbocycles. The average molecular weight is 600 g/mol. The third kappa shape index (κ3) is 4.84. The van der Waals surface area contributed by atoms with Gasteiger partial charge >= 0.3 is 0 Å². The number of aromatic nitrogens is 3.